The van der Waals surface area contributed by atoms with Crippen molar-refractivity contribution in [3.05, 3.63) is 22.7 Å². The molecule has 1 aromatic carbocycles. The minimum Gasteiger partial charge on any atom is -0.493 e. The first kappa shape index (κ1) is 19.3. The van der Waals surface area contributed by atoms with Gasteiger partial charge in [-0.3, -0.25) is 4.90 Å². The fraction of sp³-hybridized carbons (Fsp3) is 0.667. The van der Waals surface area contributed by atoms with Gasteiger partial charge in [0.05, 0.1) is 23.9 Å². The first-order valence-corrected chi connectivity index (χ1v) is 9.13. The van der Waals surface area contributed by atoms with Crippen molar-refractivity contribution in [2.24, 2.45) is 0 Å². The predicted octanol–water partition coefficient (Wildman–Crippen LogP) is 2.00. The van der Waals surface area contributed by atoms with Gasteiger partial charge in [-0.1, -0.05) is 18.5 Å². The van der Waals surface area contributed by atoms with Crippen LogP contribution in [0.5, 0.6) is 5.75 Å². The lowest BCUT2D eigenvalue weighted by Crippen LogP contribution is -2.49. The number of nitrogens with one attached hydrogen (secondary N) is 1. The lowest BCUT2D eigenvalue weighted by Gasteiger charge is -2.37. The summed E-state index contributed by atoms with van der Waals surface area (Å²) < 4.78 is 5.53. The van der Waals surface area contributed by atoms with Crippen molar-refractivity contribution in [1.82, 2.24) is 10.2 Å². The number of benzene rings is 1. The number of piperazine rings is 1. The molecule has 0 radical (unpaired) electrons. The lowest BCUT2D eigenvalue weighted by atomic mass is 10.1. The van der Waals surface area contributed by atoms with E-state index in [1.807, 2.05) is 13.1 Å². The van der Waals surface area contributed by atoms with Crippen molar-refractivity contribution in [2.45, 2.75) is 25.9 Å². The summed E-state index contributed by atoms with van der Waals surface area (Å²) >= 11 is 6.38. The molecule has 0 aromatic heterocycles. The van der Waals surface area contributed by atoms with Crippen LogP contribution in [0.1, 0.15) is 18.9 Å². The standard InChI is InChI=1S/C18H30ClN3O2/c1-4-14-11-16(19)18(24-3)17(12-14)22-9-7-21(8-10-22)13-15(23)5-6-20-2/h11-12,15,20,23H,4-10,13H2,1-3H3. The lowest BCUT2D eigenvalue weighted by molar-refractivity contribution is 0.102. The maximum atomic E-state index is 10.1. The Balaban J connectivity index is 1.98. The molecule has 2 N–H and O–H groups in total. The Bertz CT molecular complexity index is 519. The zero-order valence-electron chi connectivity index (χ0n) is 15.0. The van der Waals surface area contributed by atoms with Crippen LogP contribution >= 0.6 is 11.6 Å². The van der Waals surface area contributed by atoms with Crippen LogP contribution < -0.4 is 15.0 Å². The summed E-state index contributed by atoms with van der Waals surface area (Å²) in [7, 11) is 3.58. The number of β-amino-alcohol motifs (C(OH)–C–C–N with tert-alkyl or cyclic N) is 1. The average Bonchev–Trinajstić information content (AvgIpc) is 2.59. The van der Waals surface area contributed by atoms with E-state index in [2.05, 4.69) is 28.1 Å². The number of nitrogens with zero attached hydrogens (tertiary/aromatic N) is 2. The smallest absolute Gasteiger partial charge is 0.160 e. The molecule has 136 valence electrons. The number of hydrogen-bond acceptors (Lipinski definition) is 5. The SMILES string of the molecule is CCc1cc(Cl)c(OC)c(N2CCN(CC(O)CCNC)CC2)c1. The third kappa shape index (κ3) is 4.99. The molecule has 1 unspecified atom stereocenters. The molecule has 1 aliphatic heterocycles. The zero-order chi connectivity index (χ0) is 17.5. The number of halogens is 1. The molecule has 0 bridgehead atoms. The van der Waals surface area contributed by atoms with Crippen LogP contribution in [-0.4, -0.2) is 69.5 Å². The van der Waals surface area contributed by atoms with Gasteiger partial charge >= 0.3 is 0 Å². The molecule has 1 saturated heterocycles. The van der Waals surface area contributed by atoms with Crippen LogP contribution in [-0.2, 0) is 6.42 Å². The maximum Gasteiger partial charge on any atom is 0.160 e. The Morgan fingerprint density at radius 2 is 2.00 bits per heavy atom. The second-order valence-corrected chi connectivity index (χ2v) is 6.72. The van der Waals surface area contributed by atoms with E-state index >= 15 is 0 Å². The Morgan fingerprint density at radius 3 is 2.58 bits per heavy atom. The highest BCUT2D eigenvalue weighted by Gasteiger charge is 2.22. The second kappa shape index (κ2) is 9.47. The largest absolute Gasteiger partial charge is 0.493 e. The average molecular weight is 356 g/mol. The third-order valence-corrected chi connectivity index (χ3v) is 4.89. The van der Waals surface area contributed by atoms with Gasteiger partial charge in [0.25, 0.3) is 0 Å². The molecular weight excluding hydrogens is 326 g/mol. The van der Waals surface area contributed by atoms with Crippen LogP contribution in [0, 0.1) is 0 Å². The van der Waals surface area contributed by atoms with Gasteiger partial charge in [-0.05, 0) is 44.1 Å². The maximum absolute atomic E-state index is 10.1. The molecule has 24 heavy (non-hydrogen) atoms. The Hall–Kier alpha value is -1.01. The van der Waals surface area contributed by atoms with E-state index < -0.39 is 0 Å². The summed E-state index contributed by atoms with van der Waals surface area (Å²) in [5, 5.41) is 13.8. The molecule has 0 amide bonds. The second-order valence-electron chi connectivity index (χ2n) is 6.32. The molecule has 6 heteroatoms. The quantitative estimate of drug-likeness (QED) is 0.747. The van der Waals surface area contributed by atoms with Gasteiger partial charge in [0.15, 0.2) is 5.75 Å². The molecular formula is C18H30ClN3O2. The van der Waals surface area contributed by atoms with E-state index in [9.17, 15) is 5.11 Å². The van der Waals surface area contributed by atoms with E-state index in [1.54, 1.807) is 7.11 Å². The third-order valence-electron chi connectivity index (χ3n) is 4.61. The summed E-state index contributed by atoms with van der Waals surface area (Å²) in [4.78, 5) is 4.66. The van der Waals surface area contributed by atoms with Crippen molar-refractivity contribution in [3.63, 3.8) is 0 Å². The van der Waals surface area contributed by atoms with E-state index in [-0.39, 0.29) is 6.10 Å². The number of ether oxygens (including phenoxy) is 1. The first-order chi connectivity index (χ1) is 11.6. The number of aliphatic hydroxyl groups is 1. The normalized spacial score (nSPS) is 17.1. The van der Waals surface area contributed by atoms with E-state index in [4.69, 9.17) is 16.3 Å². The van der Waals surface area contributed by atoms with Gasteiger partial charge in [-0.15, -0.1) is 0 Å². The van der Waals surface area contributed by atoms with Gasteiger partial charge in [-0.2, -0.15) is 0 Å². The number of hydrogen-bond donors (Lipinski definition) is 2. The van der Waals surface area contributed by atoms with Crippen LogP contribution in [0.4, 0.5) is 5.69 Å². The molecule has 1 fully saturated rings. The molecule has 0 saturated carbocycles. The minimum atomic E-state index is -0.267. The Labute approximate surface area is 150 Å². The summed E-state index contributed by atoms with van der Waals surface area (Å²) in [6.45, 7) is 7.42. The minimum absolute atomic E-state index is 0.267. The van der Waals surface area contributed by atoms with Crippen molar-refractivity contribution < 1.29 is 9.84 Å². The van der Waals surface area contributed by atoms with Gasteiger partial charge in [0.1, 0.15) is 0 Å². The topological polar surface area (TPSA) is 48.0 Å². The summed E-state index contributed by atoms with van der Waals surface area (Å²) in [5.74, 6) is 0.761. The molecule has 2 rings (SSSR count). The molecule has 1 heterocycles. The van der Waals surface area contributed by atoms with Crippen molar-refractivity contribution in [3.8, 4) is 5.75 Å². The Kier molecular flexibility index (Phi) is 7.62. The van der Waals surface area contributed by atoms with Crippen molar-refractivity contribution in [1.29, 1.82) is 0 Å². The zero-order valence-corrected chi connectivity index (χ0v) is 15.8. The number of aliphatic hydroxyl groups excluding tert-OH is 1. The van der Waals surface area contributed by atoms with Crippen molar-refractivity contribution in [2.75, 3.05) is 58.3 Å². The number of rotatable bonds is 8. The summed E-state index contributed by atoms with van der Waals surface area (Å²) in [5.41, 5.74) is 2.30. The van der Waals surface area contributed by atoms with E-state index in [1.165, 1.54) is 5.56 Å². The fourth-order valence-corrected chi connectivity index (χ4v) is 3.46. The van der Waals surface area contributed by atoms with Gasteiger partial charge < -0.3 is 20.1 Å². The summed E-state index contributed by atoms with van der Waals surface area (Å²) in [6.07, 6.45) is 1.48. The van der Waals surface area contributed by atoms with Gasteiger partial charge in [0, 0.05) is 32.7 Å². The molecule has 1 aromatic rings. The number of methoxy groups -OCH3 is 1. The van der Waals surface area contributed by atoms with Crippen LogP contribution in [0.3, 0.4) is 0 Å². The highest BCUT2D eigenvalue weighted by molar-refractivity contribution is 6.32. The van der Waals surface area contributed by atoms with E-state index in [0.717, 1.165) is 63.5 Å². The van der Waals surface area contributed by atoms with Gasteiger partial charge in [-0.25, -0.2) is 0 Å². The molecule has 5 nitrogen and oxygen atoms in total. The number of aryl methyl sites for hydroxylation is 1. The highest BCUT2D eigenvalue weighted by atomic mass is 35.5. The first-order valence-electron chi connectivity index (χ1n) is 8.75. The molecule has 0 spiro atoms. The Morgan fingerprint density at radius 1 is 1.29 bits per heavy atom. The predicted molar refractivity (Wildman–Crippen MR) is 101 cm³/mol. The molecule has 0 aliphatic carbocycles. The van der Waals surface area contributed by atoms with Crippen LogP contribution in [0.15, 0.2) is 12.1 Å². The highest BCUT2D eigenvalue weighted by Crippen LogP contribution is 2.37. The van der Waals surface area contributed by atoms with Crippen LogP contribution in [0.25, 0.3) is 0 Å². The fourth-order valence-electron chi connectivity index (χ4n) is 3.15. The molecule has 1 atom stereocenters. The van der Waals surface area contributed by atoms with E-state index in [0.29, 0.717) is 5.02 Å². The molecule has 1 aliphatic rings. The monoisotopic (exact) mass is 355 g/mol. The van der Waals surface area contributed by atoms with Crippen molar-refractivity contribution >= 4 is 17.3 Å². The number of anilines is 1. The summed E-state index contributed by atoms with van der Waals surface area (Å²) in [6, 6.07) is 4.17. The van der Waals surface area contributed by atoms with Gasteiger partial charge in [0.2, 0.25) is 0 Å². The van der Waals surface area contributed by atoms with Crippen LogP contribution in [0.2, 0.25) is 5.02 Å².